The number of hydrogen-bond acceptors (Lipinski definition) is 2. The SMILES string of the molecule is CC.CCc1c(PC)oc2ccccc2c1=O. The van der Waals surface area contributed by atoms with Crippen molar-refractivity contribution < 1.29 is 4.42 Å². The van der Waals surface area contributed by atoms with Gasteiger partial charge in [0, 0.05) is 5.56 Å². The van der Waals surface area contributed by atoms with Gasteiger partial charge >= 0.3 is 0 Å². The van der Waals surface area contributed by atoms with Gasteiger partial charge < -0.3 is 4.42 Å². The van der Waals surface area contributed by atoms with Crippen molar-refractivity contribution in [2.75, 3.05) is 6.66 Å². The van der Waals surface area contributed by atoms with Gasteiger partial charge in [-0.05, 0) is 25.2 Å². The molecule has 1 unspecified atom stereocenters. The number of hydrogen-bond donors (Lipinski definition) is 0. The van der Waals surface area contributed by atoms with E-state index in [1.165, 1.54) is 0 Å². The number of fused-ring (bicyclic) bond motifs is 1. The fraction of sp³-hybridized carbons (Fsp3) is 0.357. The molecule has 0 saturated heterocycles. The standard InChI is InChI=1S/C12H13O2P.C2H6/c1-3-8-11(13)9-6-4-5-7-10(9)14-12(8)15-2;1-2/h4-7,15H,3H2,1-2H3;1-2H3. The second kappa shape index (κ2) is 6.56. The van der Waals surface area contributed by atoms with E-state index in [1.54, 1.807) is 0 Å². The van der Waals surface area contributed by atoms with Crippen molar-refractivity contribution in [3.05, 3.63) is 40.1 Å². The first-order chi connectivity index (χ1) is 8.27. The van der Waals surface area contributed by atoms with Crippen molar-refractivity contribution >= 4 is 25.1 Å². The van der Waals surface area contributed by atoms with Crippen LogP contribution in [0.15, 0.2) is 33.5 Å². The van der Waals surface area contributed by atoms with Crippen molar-refractivity contribution in [2.24, 2.45) is 0 Å². The van der Waals surface area contributed by atoms with Crippen LogP contribution in [0.3, 0.4) is 0 Å². The lowest BCUT2D eigenvalue weighted by molar-refractivity contribution is 0.635. The summed E-state index contributed by atoms with van der Waals surface area (Å²) in [5.74, 6) is 0. The minimum Gasteiger partial charge on any atom is -0.456 e. The van der Waals surface area contributed by atoms with E-state index in [-0.39, 0.29) is 5.43 Å². The topological polar surface area (TPSA) is 30.2 Å². The maximum absolute atomic E-state index is 12.1. The van der Waals surface area contributed by atoms with Gasteiger partial charge in [0.15, 0.2) is 5.43 Å². The van der Waals surface area contributed by atoms with Crippen LogP contribution in [0.25, 0.3) is 11.0 Å². The summed E-state index contributed by atoms with van der Waals surface area (Å²) in [4.78, 5) is 12.1. The third-order valence-corrected chi connectivity index (χ3v) is 3.33. The Labute approximate surface area is 104 Å². The predicted octanol–water partition coefficient (Wildman–Crippen LogP) is 3.32. The first-order valence-corrected chi connectivity index (χ1v) is 7.50. The van der Waals surface area contributed by atoms with E-state index in [0.29, 0.717) is 19.5 Å². The van der Waals surface area contributed by atoms with Crippen LogP contribution in [-0.2, 0) is 6.42 Å². The normalized spacial score (nSPS) is 10.6. The van der Waals surface area contributed by atoms with Gasteiger partial charge in [-0.3, -0.25) is 4.79 Å². The molecule has 3 heteroatoms. The molecule has 0 fully saturated rings. The fourth-order valence-electron chi connectivity index (χ4n) is 1.70. The van der Waals surface area contributed by atoms with Crippen molar-refractivity contribution in [3.63, 3.8) is 0 Å². The van der Waals surface area contributed by atoms with E-state index >= 15 is 0 Å². The van der Waals surface area contributed by atoms with Crippen LogP contribution in [0, 0.1) is 0 Å². The molecule has 0 radical (unpaired) electrons. The third-order valence-electron chi connectivity index (χ3n) is 2.47. The van der Waals surface area contributed by atoms with E-state index < -0.39 is 0 Å². The van der Waals surface area contributed by atoms with E-state index in [0.717, 1.165) is 17.5 Å². The lowest BCUT2D eigenvalue weighted by atomic mass is 10.1. The van der Waals surface area contributed by atoms with Crippen LogP contribution in [-0.4, -0.2) is 6.66 Å². The van der Waals surface area contributed by atoms with Gasteiger partial charge in [-0.15, -0.1) is 0 Å². The largest absolute Gasteiger partial charge is 0.456 e. The first kappa shape index (κ1) is 13.9. The summed E-state index contributed by atoms with van der Waals surface area (Å²) in [5.41, 5.74) is 2.50. The highest BCUT2D eigenvalue weighted by molar-refractivity contribution is 7.45. The Kier molecular flexibility index (Phi) is 5.37. The average molecular weight is 250 g/mol. The van der Waals surface area contributed by atoms with Crippen LogP contribution >= 0.6 is 8.58 Å². The molecule has 92 valence electrons. The van der Waals surface area contributed by atoms with Crippen molar-refractivity contribution in [2.45, 2.75) is 27.2 Å². The zero-order valence-electron chi connectivity index (χ0n) is 10.8. The van der Waals surface area contributed by atoms with E-state index in [4.69, 9.17) is 4.42 Å². The molecule has 1 aromatic carbocycles. The van der Waals surface area contributed by atoms with Crippen molar-refractivity contribution in [1.29, 1.82) is 0 Å². The Morgan fingerprint density at radius 2 is 1.88 bits per heavy atom. The summed E-state index contributed by atoms with van der Waals surface area (Å²) in [6.07, 6.45) is 0.739. The quantitative estimate of drug-likeness (QED) is 0.765. The van der Waals surface area contributed by atoms with Crippen molar-refractivity contribution in [3.8, 4) is 0 Å². The lowest BCUT2D eigenvalue weighted by Crippen LogP contribution is -2.18. The molecule has 0 aliphatic rings. The molecule has 0 bridgehead atoms. The van der Waals surface area contributed by atoms with Crippen LogP contribution in [0.4, 0.5) is 0 Å². The predicted molar refractivity (Wildman–Crippen MR) is 77.1 cm³/mol. The van der Waals surface area contributed by atoms with Crippen LogP contribution in [0.2, 0.25) is 0 Å². The highest BCUT2D eigenvalue weighted by Crippen LogP contribution is 2.14. The summed E-state index contributed by atoms with van der Waals surface area (Å²) in [6, 6.07) is 7.43. The highest BCUT2D eigenvalue weighted by atomic mass is 31.1. The van der Waals surface area contributed by atoms with Gasteiger partial charge in [-0.2, -0.15) is 0 Å². The van der Waals surface area contributed by atoms with Gasteiger partial charge in [0.05, 0.1) is 5.39 Å². The smallest absolute Gasteiger partial charge is 0.196 e. The van der Waals surface area contributed by atoms with Gasteiger partial charge in [0.1, 0.15) is 11.1 Å². The molecule has 1 aromatic heterocycles. The van der Waals surface area contributed by atoms with E-state index in [1.807, 2.05) is 51.7 Å². The molecule has 0 N–H and O–H groups in total. The number of rotatable bonds is 2. The second-order valence-corrected chi connectivity index (χ2v) is 4.29. The van der Waals surface area contributed by atoms with Gasteiger partial charge in [0.2, 0.25) is 0 Å². The highest BCUT2D eigenvalue weighted by Gasteiger charge is 2.10. The molecule has 2 aromatic rings. The maximum Gasteiger partial charge on any atom is 0.196 e. The molecular formula is C14H19O2P. The molecule has 2 nitrogen and oxygen atoms in total. The Hall–Kier alpha value is -1.14. The molecule has 0 spiro atoms. The van der Waals surface area contributed by atoms with Gasteiger partial charge in [0.25, 0.3) is 0 Å². The third kappa shape index (κ3) is 2.76. The number of para-hydroxylation sites is 1. The Morgan fingerprint density at radius 3 is 2.47 bits per heavy atom. The molecule has 0 saturated carbocycles. The summed E-state index contributed by atoms with van der Waals surface area (Å²) >= 11 is 0. The Balaban J connectivity index is 0.000000686. The van der Waals surface area contributed by atoms with Gasteiger partial charge in [-0.25, -0.2) is 0 Å². The van der Waals surface area contributed by atoms with Crippen molar-refractivity contribution in [1.82, 2.24) is 0 Å². The fourth-order valence-corrected chi connectivity index (χ4v) is 2.51. The summed E-state index contributed by atoms with van der Waals surface area (Å²) in [5, 5.41) is 0.691. The minimum atomic E-state index is 0.128. The molecule has 1 atom stereocenters. The average Bonchev–Trinajstić information content (AvgIpc) is 2.41. The summed E-state index contributed by atoms with van der Waals surface area (Å²) in [6.45, 7) is 8.02. The maximum atomic E-state index is 12.1. The zero-order valence-corrected chi connectivity index (χ0v) is 11.8. The van der Waals surface area contributed by atoms with Crippen LogP contribution in [0.1, 0.15) is 26.3 Å². The van der Waals surface area contributed by atoms with Crippen LogP contribution in [0.5, 0.6) is 0 Å². The zero-order chi connectivity index (χ0) is 12.8. The first-order valence-electron chi connectivity index (χ1n) is 6.00. The minimum absolute atomic E-state index is 0.128. The Morgan fingerprint density at radius 1 is 1.24 bits per heavy atom. The molecule has 0 aliphatic carbocycles. The molecule has 1 heterocycles. The molecule has 0 aliphatic heterocycles. The van der Waals surface area contributed by atoms with Crippen LogP contribution < -0.4 is 10.9 Å². The lowest BCUT2D eigenvalue weighted by Gasteiger charge is -2.05. The van der Waals surface area contributed by atoms with E-state index in [2.05, 4.69) is 0 Å². The molecule has 17 heavy (non-hydrogen) atoms. The monoisotopic (exact) mass is 250 g/mol. The summed E-state index contributed by atoms with van der Waals surface area (Å²) in [7, 11) is 0.529. The summed E-state index contributed by atoms with van der Waals surface area (Å²) < 4.78 is 5.73. The van der Waals surface area contributed by atoms with E-state index in [9.17, 15) is 4.79 Å². The molecule has 2 rings (SSSR count). The molecule has 0 amide bonds. The van der Waals surface area contributed by atoms with Gasteiger partial charge in [-0.1, -0.05) is 41.5 Å². The Bertz CT molecular complexity index is 543. The molecular weight excluding hydrogens is 231 g/mol. The number of benzene rings is 1. The second-order valence-electron chi connectivity index (χ2n) is 3.34.